The maximum Gasteiger partial charge on any atom is 0.109 e. The van der Waals surface area contributed by atoms with Crippen molar-refractivity contribution >= 4 is 0 Å². The van der Waals surface area contributed by atoms with E-state index >= 15 is 0 Å². The summed E-state index contributed by atoms with van der Waals surface area (Å²) in [5.74, 6) is 0. The average molecular weight is 237 g/mol. The van der Waals surface area contributed by atoms with Crippen molar-refractivity contribution in [3.8, 4) is 0 Å². The molecule has 2 rings (SSSR count). The monoisotopic (exact) mass is 237 g/mol. The van der Waals surface area contributed by atoms with E-state index in [0.717, 1.165) is 24.2 Å². The van der Waals surface area contributed by atoms with Gasteiger partial charge in [0.2, 0.25) is 0 Å². The summed E-state index contributed by atoms with van der Waals surface area (Å²) >= 11 is 0. The molecule has 0 aliphatic carbocycles. The van der Waals surface area contributed by atoms with Crippen molar-refractivity contribution in [1.82, 2.24) is 24.9 Å². The van der Waals surface area contributed by atoms with Gasteiger partial charge in [-0.3, -0.25) is 9.36 Å². The maximum atomic E-state index is 12.1. The fourth-order valence-electron chi connectivity index (χ4n) is 1.62. The zero-order valence-corrected chi connectivity index (χ0v) is 9.80. The van der Waals surface area contributed by atoms with Crippen LogP contribution in [0.1, 0.15) is 11.1 Å². The maximum absolute atomic E-state index is 12.1. The van der Waals surface area contributed by atoms with Crippen molar-refractivity contribution in [2.45, 2.75) is 19.6 Å². The molecule has 0 fully saturated rings. The summed E-state index contributed by atoms with van der Waals surface area (Å²) in [5.41, 5.74) is 2.20. The normalized spacial score (nSPS) is 10.9. The van der Waals surface area contributed by atoms with Crippen molar-refractivity contribution in [2.75, 3.05) is 6.67 Å². The molecule has 2 aromatic rings. The van der Waals surface area contributed by atoms with Crippen LogP contribution in [0.15, 0.2) is 24.8 Å². The van der Waals surface area contributed by atoms with E-state index in [1.807, 2.05) is 25.6 Å². The minimum atomic E-state index is -0.385. The molecule has 0 unspecified atom stereocenters. The highest BCUT2D eigenvalue weighted by atomic mass is 19.1. The smallest absolute Gasteiger partial charge is 0.109 e. The highest BCUT2D eigenvalue weighted by Gasteiger charge is 1.99. The van der Waals surface area contributed by atoms with Gasteiger partial charge >= 0.3 is 0 Å². The number of nitrogens with zero attached hydrogens (tertiary/aromatic N) is 4. The number of halogens is 1. The summed E-state index contributed by atoms with van der Waals surface area (Å²) in [6.45, 7) is 1.43. The number of hydrogen-bond donors (Lipinski definition) is 1. The molecule has 6 heteroatoms. The van der Waals surface area contributed by atoms with E-state index in [4.69, 9.17) is 0 Å². The standard InChI is InChI=1S/C11H16FN5/c1-16-8-10(6-14-16)4-13-5-11-7-15-17(9-11)3-2-12/h6-9,13H,2-5H2,1H3. The molecular formula is C11H16FN5. The van der Waals surface area contributed by atoms with Gasteiger partial charge in [0.15, 0.2) is 0 Å². The largest absolute Gasteiger partial charge is 0.308 e. The molecule has 17 heavy (non-hydrogen) atoms. The van der Waals surface area contributed by atoms with Crippen molar-refractivity contribution in [2.24, 2.45) is 7.05 Å². The predicted octanol–water partition coefficient (Wildman–Crippen LogP) is 0.876. The Hall–Kier alpha value is -1.69. The van der Waals surface area contributed by atoms with Crippen LogP contribution in [0, 0.1) is 0 Å². The van der Waals surface area contributed by atoms with Gasteiger partial charge < -0.3 is 5.32 Å². The summed E-state index contributed by atoms with van der Waals surface area (Å²) in [5, 5.41) is 11.4. The van der Waals surface area contributed by atoms with Crippen LogP contribution in [0.25, 0.3) is 0 Å². The summed E-state index contributed by atoms with van der Waals surface area (Å²) in [6, 6.07) is 0. The molecule has 0 aliphatic heterocycles. The van der Waals surface area contributed by atoms with Crippen LogP contribution in [0.4, 0.5) is 4.39 Å². The Kier molecular flexibility index (Phi) is 3.87. The van der Waals surface area contributed by atoms with Gasteiger partial charge in [0.05, 0.1) is 18.9 Å². The van der Waals surface area contributed by atoms with Gasteiger partial charge in [-0.25, -0.2) is 4.39 Å². The van der Waals surface area contributed by atoms with E-state index in [-0.39, 0.29) is 6.67 Å². The lowest BCUT2D eigenvalue weighted by molar-refractivity contribution is 0.427. The first-order valence-electron chi connectivity index (χ1n) is 5.53. The Morgan fingerprint density at radius 1 is 1.18 bits per heavy atom. The van der Waals surface area contributed by atoms with Gasteiger partial charge in [0, 0.05) is 43.7 Å². The van der Waals surface area contributed by atoms with Crippen LogP contribution < -0.4 is 5.32 Å². The molecule has 0 atom stereocenters. The lowest BCUT2D eigenvalue weighted by atomic mass is 10.3. The first-order chi connectivity index (χ1) is 8.28. The molecule has 2 heterocycles. The van der Waals surface area contributed by atoms with E-state index in [2.05, 4.69) is 15.5 Å². The summed E-state index contributed by atoms with van der Waals surface area (Å²) < 4.78 is 15.5. The van der Waals surface area contributed by atoms with Gasteiger partial charge in [-0.1, -0.05) is 0 Å². The molecule has 5 nitrogen and oxygen atoms in total. The van der Waals surface area contributed by atoms with E-state index in [1.54, 1.807) is 15.6 Å². The number of hydrogen-bond acceptors (Lipinski definition) is 3. The summed E-state index contributed by atoms with van der Waals surface area (Å²) in [6.07, 6.45) is 7.42. The second-order valence-electron chi connectivity index (χ2n) is 3.93. The van der Waals surface area contributed by atoms with Gasteiger partial charge in [0.25, 0.3) is 0 Å². The minimum Gasteiger partial charge on any atom is -0.308 e. The minimum absolute atomic E-state index is 0.322. The summed E-state index contributed by atoms with van der Waals surface area (Å²) in [7, 11) is 1.89. The molecule has 0 amide bonds. The Labute approximate surface area is 99.2 Å². The van der Waals surface area contributed by atoms with Crippen LogP contribution in [-0.4, -0.2) is 26.2 Å². The third-order valence-corrected chi connectivity index (χ3v) is 2.42. The SMILES string of the molecule is Cn1cc(CNCc2cnn(CCF)c2)cn1. The van der Waals surface area contributed by atoms with Gasteiger partial charge in [-0.2, -0.15) is 10.2 Å². The zero-order chi connectivity index (χ0) is 12.1. The van der Waals surface area contributed by atoms with E-state index in [1.165, 1.54) is 0 Å². The molecule has 0 spiro atoms. The number of aryl methyl sites for hydroxylation is 2. The fourth-order valence-corrected chi connectivity index (χ4v) is 1.62. The van der Waals surface area contributed by atoms with Gasteiger partial charge in [-0.05, 0) is 0 Å². The first-order valence-corrected chi connectivity index (χ1v) is 5.53. The third-order valence-electron chi connectivity index (χ3n) is 2.42. The van der Waals surface area contributed by atoms with Crippen LogP contribution in [-0.2, 0) is 26.7 Å². The number of nitrogens with one attached hydrogen (secondary N) is 1. The average Bonchev–Trinajstić information content (AvgIpc) is 2.89. The predicted molar refractivity (Wildman–Crippen MR) is 62.0 cm³/mol. The number of aromatic nitrogens is 4. The second kappa shape index (κ2) is 5.58. The zero-order valence-electron chi connectivity index (χ0n) is 9.80. The Morgan fingerprint density at radius 2 is 1.88 bits per heavy atom. The molecule has 1 N–H and O–H groups in total. The number of alkyl halides is 1. The molecule has 92 valence electrons. The van der Waals surface area contributed by atoms with Crippen molar-refractivity contribution in [3.05, 3.63) is 35.9 Å². The highest BCUT2D eigenvalue weighted by molar-refractivity contribution is 5.06. The Bertz CT molecular complexity index is 462. The molecule has 0 saturated carbocycles. The van der Waals surface area contributed by atoms with Gasteiger partial charge in [-0.15, -0.1) is 0 Å². The first kappa shape index (κ1) is 11.8. The summed E-state index contributed by atoms with van der Waals surface area (Å²) in [4.78, 5) is 0. The second-order valence-corrected chi connectivity index (χ2v) is 3.93. The lowest BCUT2D eigenvalue weighted by Crippen LogP contribution is -2.11. The van der Waals surface area contributed by atoms with Crippen LogP contribution in [0.3, 0.4) is 0 Å². The van der Waals surface area contributed by atoms with Crippen molar-refractivity contribution in [3.63, 3.8) is 0 Å². The third kappa shape index (κ3) is 3.39. The molecule has 0 radical (unpaired) electrons. The number of rotatable bonds is 6. The quantitative estimate of drug-likeness (QED) is 0.811. The molecular weight excluding hydrogens is 221 g/mol. The van der Waals surface area contributed by atoms with E-state index in [9.17, 15) is 4.39 Å². The van der Waals surface area contributed by atoms with Crippen molar-refractivity contribution < 1.29 is 4.39 Å². The lowest BCUT2D eigenvalue weighted by Gasteiger charge is -1.99. The fraction of sp³-hybridized carbons (Fsp3) is 0.455. The Morgan fingerprint density at radius 3 is 2.53 bits per heavy atom. The highest BCUT2D eigenvalue weighted by Crippen LogP contribution is 2.00. The van der Waals surface area contributed by atoms with Crippen LogP contribution >= 0.6 is 0 Å². The molecule has 0 aromatic carbocycles. The Balaban J connectivity index is 1.77. The van der Waals surface area contributed by atoms with E-state index in [0.29, 0.717) is 6.54 Å². The van der Waals surface area contributed by atoms with Crippen LogP contribution in [0.2, 0.25) is 0 Å². The van der Waals surface area contributed by atoms with Gasteiger partial charge in [0.1, 0.15) is 6.67 Å². The molecule has 0 saturated heterocycles. The van der Waals surface area contributed by atoms with Crippen LogP contribution in [0.5, 0.6) is 0 Å². The topological polar surface area (TPSA) is 47.7 Å². The van der Waals surface area contributed by atoms with E-state index < -0.39 is 0 Å². The molecule has 0 aliphatic rings. The van der Waals surface area contributed by atoms with Crippen molar-refractivity contribution in [1.29, 1.82) is 0 Å². The molecule has 0 bridgehead atoms. The molecule has 2 aromatic heterocycles.